The van der Waals surface area contributed by atoms with Crippen LogP contribution in [-0.2, 0) is 13.0 Å². The lowest BCUT2D eigenvalue weighted by molar-refractivity contribution is 0.354. The molecule has 1 aliphatic rings. The van der Waals surface area contributed by atoms with E-state index in [2.05, 4.69) is 6.07 Å². The van der Waals surface area contributed by atoms with Gasteiger partial charge in [0, 0.05) is 12.1 Å². The maximum Gasteiger partial charge on any atom is 0.262 e. The van der Waals surface area contributed by atoms with Gasteiger partial charge < -0.3 is 19.1 Å². The molecular formula is C22H18N2O4. The van der Waals surface area contributed by atoms with Crippen molar-refractivity contribution in [2.24, 2.45) is 0 Å². The number of pyridine rings is 1. The van der Waals surface area contributed by atoms with Crippen molar-refractivity contribution < 1.29 is 14.6 Å². The number of nitriles is 1. The number of nitrogens with zero attached hydrogens (tertiary/aromatic N) is 2. The summed E-state index contributed by atoms with van der Waals surface area (Å²) in [7, 11) is 3.09. The van der Waals surface area contributed by atoms with Gasteiger partial charge in [-0.2, -0.15) is 5.26 Å². The minimum absolute atomic E-state index is 0.0756. The van der Waals surface area contributed by atoms with Crippen molar-refractivity contribution in [3.8, 4) is 45.7 Å². The molecule has 0 spiro atoms. The average Bonchev–Trinajstić information content (AvgIpc) is 2.73. The lowest BCUT2D eigenvalue weighted by Gasteiger charge is -2.25. The first-order chi connectivity index (χ1) is 13.6. The van der Waals surface area contributed by atoms with E-state index in [4.69, 9.17) is 9.47 Å². The van der Waals surface area contributed by atoms with Crippen molar-refractivity contribution in [3.63, 3.8) is 0 Å². The van der Waals surface area contributed by atoms with Crippen LogP contribution in [0.5, 0.6) is 17.2 Å². The quantitative estimate of drug-likeness (QED) is 0.760. The molecule has 0 atom stereocenters. The highest BCUT2D eigenvalue weighted by Gasteiger charge is 2.28. The van der Waals surface area contributed by atoms with Gasteiger partial charge in [0.25, 0.3) is 5.56 Å². The second-order valence-corrected chi connectivity index (χ2v) is 6.50. The number of aryl methyl sites for hydroxylation is 1. The van der Waals surface area contributed by atoms with Gasteiger partial charge in [0.15, 0.2) is 11.5 Å². The van der Waals surface area contributed by atoms with E-state index < -0.39 is 0 Å². The minimum atomic E-state index is -0.321. The molecule has 1 N–H and O–H groups in total. The summed E-state index contributed by atoms with van der Waals surface area (Å²) in [5, 5.41) is 20.6. The van der Waals surface area contributed by atoms with Crippen LogP contribution in [0.3, 0.4) is 0 Å². The molecule has 0 amide bonds. The molecule has 0 unspecified atom stereocenters. The smallest absolute Gasteiger partial charge is 0.262 e. The van der Waals surface area contributed by atoms with E-state index in [1.807, 2.05) is 12.1 Å². The normalized spacial score (nSPS) is 11.9. The molecule has 28 heavy (non-hydrogen) atoms. The second kappa shape index (κ2) is 6.78. The molecule has 140 valence electrons. The first-order valence-electron chi connectivity index (χ1n) is 8.81. The van der Waals surface area contributed by atoms with Crippen molar-refractivity contribution in [1.82, 2.24) is 4.57 Å². The first-order valence-corrected chi connectivity index (χ1v) is 8.81. The zero-order chi connectivity index (χ0) is 19.8. The average molecular weight is 374 g/mol. The number of aromatic hydroxyl groups is 1. The van der Waals surface area contributed by atoms with Gasteiger partial charge in [0.2, 0.25) is 0 Å². The fourth-order valence-electron chi connectivity index (χ4n) is 3.75. The molecule has 0 saturated carbocycles. The summed E-state index contributed by atoms with van der Waals surface area (Å²) in [5.74, 6) is 0.783. The van der Waals surface area contributed by atoms with Crippen LogP contribution >= 0.6 is 0 Å². The van der Waals surface area contributed by atoms with E-state index in [0.29, 0.717) is 41.3 Å². The Morgan fingerprint density at radius 2 is 1.79 bits per heavy atom. The van der Waals surface area contributed by atoms with Crippen LogP contribution < -0.4 is 15.0 Å². The zero-order valence-electron chi connectivity index (χ0n) is 15.5. The Hall–Kier alpha value is -3.72. The first kappa shape index (κ1) is 17.7. The van der Waals surface area contributed by atoms with Crippen LogP contribution in [0.2, 0.25) is 0 Å². The third-order valence-electron chi connectivity index (χ3n) is 5.08. The monoisotopic (exact) mass is 374 g/mol. The summed E-state index contributed by atoms with van der Waals surface area (Å²) in [6.07, 6.45) is 0.604. The fourth-order valence-corrected chi connectivity index (χ4v) is 3.75. The van der Waals surface area contributed by atoms with Gasteiger partial charge >= 0.3 is 0 Å². The van der Waals surface area contributed by atoms with Crippen LogP contribution in [0, 0.1) is 11.3 Å². The fraction of sp³-hybridized carbons (Fsp3) is 0.182. The van der Waals surface area contributed by atoms with E-state index >= 15 is 0 Å². The van der Waals surface area contributed by atoms with Crippen LogP contribution in [0.25, 0.3) is 22.4 Å². The molecule has 2 heterocycles. The summed E-state index contributed by atoms with van der Waals surface area (Å²) in [6, 6.07) is 14.6. The number of methoxy groups -OCH3 is 2. The van der Waals surface area contributed by atoms with Gasteiger partial charge in [0.05, 0.1) is 25.5 Å². The summed E-state index contributed by atoms with van der Waals surface area (Å²) in [4.78, 5) is 13.2. The largest absolute Gasteiger partial charge is 0.506 e. The summed E-state index contributed by atoms with van der Waals surface area (Å²) in [6.45, 7) is 0.408. The van der Waals surface area contributed by atoms with Crippen LogP contribution in [-0.4, -0.2) is 23.9 Å². The standard InChI is InChI=1S/C22H18N2O4/c1-27-17-10-14-8-9-24-20(15(14)11-18(17)28-2)16(12-23)21(25)19(22(24)26)13-6-4-3-5-7-13/h3-7,10-11,25H,8-9H2,1-2H3. The van der Waals surface area contributed by atoms with Gasteiger partial charge in [-0.15, -0.1) is 0 Å². The molecule has 3 aromatic rings. The second-order valence-electron chi connectivity index (χ2n) is 6.50. The van der Waals surface area contributed by atoms with E-state index in [1.54, 1.807) is 42.0 Å². The van der Waals surface area contributed by atoms with Crippen molar-refractivity contribution in [3.05, 3.63) is 63.9 Å². The molecule has 2 aromatic carbocycles. The number of benzene rings is 2. The Balaban J connectivity index is 2.07. The Kier molecular flexibility index (Phi) is 4.28. The third-order valence-corrected chi connectivity index (χ3v) is 5.08. The van der Waals surface area contributed by atoms with Crippen LogP contribution in [0.15, 0.2) is 47.3 Å². The number of fused-ring (bicyclic) bond motifs is 3. The number of hydrogen-bond donors (Lipinski definition) is 1. The lowest BCUT2D eigenvalue weighted by atomic mass is 9.91. The van der Waals surface area contributed by atoms with Gasteiger partial charge in [-0.25, -0.2) is 0 Å². The minimum Gasteiger partial charge on any atom is -0.506 e. The molecule has 0 saturated heterocycles. The Morgan fingerprint density at radius 1 is 1.11 bits per heavy atom. The molecule has 6 nitrogen and oxygen atoms in total. The van der Waals surface area contributed by atoms with Crippen LogP contribution in [0.4, 0.5) is 0 Å². The van der Waals surface area contributed by atoms with E-state index in [-0.39, 0.29) is 22.4 Å². The Bertz CT molecular complexity index is 1170. The summed E-state index contributed by atoms with van der Waals surface area (Å²) < 4.78 is 12.3. The molecule has 1 aliphatic heterocycles. The predicted octanol–water partition coefficient (Wildman–Crippen LogP) is 3.33. The van der Waals surface area contributed by atoms with Gasteiger partial charge in [-0.05, 0) is 29.7 Å². The highest BCUT2D eigenvalue weighted by atomic mass is 16.5. The highest BCUT2D eigenvalue weighted by Crippen LogP contribution is 2.42. The summed E-state index contributed by atoms with van der Waals surface area (Å²) in [5.41, 5.74) is 2.50. The van der Waals surface area contributed by atoms with E-state index in [0.717, 1.165) is 5.56 Å². The summed E-state index contributed by atoms with van der Waals surface area (Å²) >= 11 is 0. The highest BCUT2D eigenvalue weighted by molar-refractivity contribution is 5.82. The molecule has 1 aromatic heterocycles. The zero-order valence-corrected chi connectivity index (χ0v) is 15.5. The molecule has 0 bridgehead atoms. The number of hydrogen-bond acceptors (Lipinski definition) is 5. The third kappa shape index (κ3) is 2.52. The number of aromatic nitrogens is 1. The van der Waals surface area contributed by atoms with E-state index in [1.165, 1.54) is 7.11 Å². The van der Waals surface area contributed by atoms with Crippen LogP contribution in [0.1, 0.15) is 11.1 Å². The molecule has 4 rings (SSSR count). The number of rotatable bonds is 3. The Labute approximate surface area is 161 Å². The molecular weight excluding hydrogens is 356 g/mol. The maximum atomic E-state index is 13.2. The molecule has 6 heteroatoms. The number of ether oxygens (including phenoxy) is 2. The predicted molar refractivity (Wildman–Crippen MR) is 105 cm³/mol. The van der Waals surface area contributed by atoms with Crippen molar-refractivity contribution in [2.75, 3.05) is 14.2 Å². The topological polar surface area (TPSA) is 84.5 Å². The molecule has 0 aliphatic carbocycles. The van der Waals surface area contributed by atoms with Gasteiger partial charge in [-0.3, -0.25) is 4.79 Å². The Morgan fingerprint density at radius 3 is 2.43 bits per heavy atom. The lowest BCUT2D eigenvalue weighted by Crippen LogP contribution is -2.28. The van der Waals surface area contributed by atoms with Gasteiger partial charge in [-0.1, -0.05) is 30.3 Å². The van der Waals surface area contributed by atoms with E-state index in [9.17, 15) is 15.2 Å². The van der Waals surface area contributed by atoms with Crippen molar-refractivity contribution >= 4 is 0 Å². The van der Waals surface area contributed by atoms with Gasteiger partial charge in [0.1, 0.15) is 17.4 Å². The maximum absolute atomic E-state index is 13.2. The molecule has 0 fully saturated rings. The SMILES string of the molecule is COc1cc2c(cc1OC)-c1c(C#N)c(O)c(-c3ccccc3)c(=O)n1CC2. The van der Waals surface area contributed by atoms with Crippen molar-refractivity contribution in [2.45, 2.75) is 13.0 Å². The molecule has 0 radical (unpaired) electrons. The van der Waals surface area contributed by atoms with Crippen molar-refractivity contribution in [1.29, 1.82) is 5.26 Å².